The Morgan fingerprint density at radius 1 is 1.16 bits per heavy atom. The van der Waals surface area contributed by atoms with Crippen molar-refractivity contribution in [3.05, 3.63) is 65.3 Å². The van der Waals surface area contributed by atoms with Gasteiger partial charge in [-0.3, -0.25) is 4.79 Å². The van der Waals surface area contributed by atoms with Crippen LogP contribution in [-0.2, 0) is 16.0 Å². The normalized spacial score (nSPS) is 10.6. The van der Waals surface area contributed by atoms with Crippen LogP contribution in [-0.4, -0.2) is 17.6 Å². The van der Waals surface area contributed by atoms with Gasteiger partial charge in [-0.2, -0.15) is 0 Å². The van der Waals surface area contributed by atoms with Gasteiger partial charge in [0.15, 0.2) is 5.09 Å². The van der Waals surface area contributed by atoms with Crippen LogP contribution in [0.3, 0.4) is 0 Å². The summed E-state index contributed by atoms with van der Waals surface area (Å²) in [4.78, 5) is 17.4. The van der Waals surface area contributed by atoms with Gasteiger partial charge in [-0.1, -0.05) is 41.6 Å². The van der Waals surface area contributed by atoms with Crippen LogP contribution in [0.25, 0.3) is 11.5 Å². The molecule has 4 nitrogen and oxygen atoms in total. The summed E-state index contributed by atoms with van der Waals surface area (Å²) in [5, 5.41) is 1.23. The third kappa shape index (κ3) is 4.65. The number of carbonyl (C=O) groups is 1. The Bertz CT molecular complexity index is 847. The van der Waals surface area contributed by atoms with E-state index in [0.717, 1.165) is 10.5 Å². The van der Waals surface area contributed by atoms with Gasteiger partial charge in [0.1, 0.15) is 5.69 Å². The molecule has 0 fully saturated rings. The molecule has 0 atom stereocenters. The van der Waals surface area contributed by atoms with E-state index in [4.69, 9.17) is 20.8 Å². The van der Waals surface area contributed by atoms with E-state index < -0.39 is 0 Å². The molecular weight excluding hydrogens is 358 g/mol. The smallest absolute Gasteiger partial charge is 0.312 e. The molecule has 128 valence electrons. The van der Waals surface area contributed by atoms with Crippen molar-refractivity contribution >= 4 is 29.3 Å². The molecule has 0 aliphatic rings. The Morgan fingerprint density at radius 2 is 1.88 bits per heavy atom. The van der Waals surface area contributed by atoms with Gasteiger partial charge in [-0.05, 0) is 43.3 Å². The van der Waals surface area contributed by atoms with E-state index in [2.05, 4.69) is 4.98 Å². The molecule has 0 unspecified atom stereocenters. The summed E-state index contributed by atoms with van der Waals surface area (Å²) >= 11 is 7.36. The monoisotopic (exact) mass is 373 g/mol. The molecule has 0 spiro atoms. The molecule has 0 saturated heterocycles. The zero-order valence-electron chi connectivity index (χ0n) is 13.6. The lowest BCUT2D eigenvalue weighted by Gasteiger charge is -2.01. The van der Waals surface area contributed by atoms with Crippen molar-refractivity contribution in [1.82, 2.24) is 4.98 Å². The van der Waals surface area contributed by atoms with Crippen LogP contribution < -0.4 is 0 Å². The minimum atomic E-state index is -0.326. The lowest BCUT2D eigenvalue weighted by molar-refractivity contribution is -0.142. The van der Waals surface area contributed by atoms with Gasteiger partial charge in [0.2, 0.25) is 5.89 Å². The molecule has 1 aromatic heterocycles. The Hall–Kier alpha value is -2.24. The first-order valence-electron chi connectivity index (χ1n) is 7.80. The van der Waals surface area contributed by atoms with Crippen LogP contribution in [0.2, 0.25) is 5.02 Å². The van der Waals surface area contributed by atoms with E-state index in [1.807, 2.05) is 42.5 Å². The number of hydrogen-bond acceptors (Lipinski definition) is 5. The van der Waals surface area contributed by atoms with Gasteiger partial charge in [0, 0.05) is 15.5 Å². The fraction of sp³-hybridized carbons (Fsp3) is 0.158. The maximum absolute atomic E-state index is 11.9. The second-order valence-electron chi connectivity index (χ2n) is 5.16. The summed E-state index contributed by atoms with van der Waals surface area (Å²) in [6.07, 6.45) is 0.0695. The highest BCUT2D eigenvalue weighted by atomic mass is 35.5. The molecule has 2 aromatic carbocycles. The van der Waals surface area contributed by atoms with Crippen LogP contribution >= 0.6 is 23.4 Å². The van der Waals surface area contributed by atoms with Crippen molar-refractivity contribution in [3.63, 3.8) is 0 Å². The number of benzene rings is 2. The molecule has 3 aromatic rings. The third-order valence-corrected chi connectivity index (χ3v) is 4.59. The van der Waals surface area contributed by atoms with Crippen molar-refractivity contribution < 1.29 is 13.9 Å². The van der Waals surface area contributed by atoms with E-state index in [-0.39, 0.29) is 12.4 Å². The molecule has 1 heterocycles. The van der Waals surface area contributed by atoms with Gasteiger partial charge in [0.25, 0.3) is 0 Å². The lowest BCUT2D eigenvalue weighted by Crippen LogP contribution is -2.08. The molecule has 0 saturated carbocycles. The largest absolute Gasteiger partial charge is 0.466 e. The fourth-order valence-electron chi connectivity index (χ4n) is 2.19. The molecule has 25 heavy (non-hydrogen) atoms. The van der Waals surface area contributed by atoms with Crippen LogP contribution in [0.4, 0.5) is 0 Å². The SMILES string of the molecule is CCOC(=O)Cc1nc(-c2ccc(Cl)cc2)oc1Sc1ccccc1. The molecular formula is C19H16ClNO3S. The zero-order valence-corrected chi connectivity index (χ0v) is 15.1. The van der Waals surface area contributed by atoms with E-state index in [9.17, 15) is 4.79 Å². The van der Waals surface area contributed by atoms with Crippen LogP contribution in [0.5, 0.6) is 0 Å². The van der Waals surface area contributed by atoms with Gasteiger partial charge in [-0.25, -0.2) is 4.98 Å². The predicted molar refractivity (Wildman–Crippen MR) is 97.9 cm³/mol. The second kappa shape index (κ2) is 8.23. The van der Waals surface area contributed by atoms with Crippen molar-refractivity contribution in [1.29, 1.82) is 0 Å². The maximum atomic E-state index is 11.9. The Morgan fingerprint density at radius 3 is 2.56 bits per heavy atom. The number of oxazole rings is 1. The van der Waals surface area contributed by atoms with Crippen LogP contribution in [0, 0.1) is 0 Å². The second-order valence-corrected chi connectivity index (χ2v) is 6.64. The molecule has 3 rings (SSSR count). The third-order valence-electron chi connectivity index (χ3n) is 3.32. The summed E-state index contributed by atoms with van der Waals surface area (Å²) in [6, 6.07) is 17.0. The topological polar surface area (TPSA) is 52.3 Å². The number of nitrogens with zero attached hydrogens (tertiary/aromatic N) is 1. The van der Waals surface area contributed by atoms with Crippen LogP contribution in [0.1, 0.15) is 12.6 Å². The van der Waals surface area contributed by atoms with Crippen molar-refractivity contribution in [2.24, 2.45) is 0 Å². The average molecular weight is 374 g/mol. The Balaban J connectivity index is 1.92. The Kier molecular flexibility index (Phi) is 5.79. The van der Waals surface area contributed by atoms with E-state index in [1.165, 1.54) is 11.8 Å². The fourth-order valence-corrected chi connectivity index (χ4v) is 3.18. The minimum Gasteiger partial charge on any atom is -0.466 e. The number of hydrogen-bond donors (Lipinski definition) is 0. The van der Waals surface area contributed by atoms with E-state index in [0.29, 0.717) is 28.3 Å². The molecule has 6 heteroatoms. The number of ether oxygens (including phenoxy) is 1. The number of rotatable bonds is 6. The predicted octanol–water partition coefficient (Wildman–Crippen LogP) is 5.25. The highest BCUT2D eigenvalue weighted by molar-refractivity contribution is 7.99. The van der Waals surface area contributed by atoms with Gasteiger partial charge in [0.05, 0.1) is 13.0 Å². The molecule has 0 N–H and O–H groups in total. The average Bonchev–Trinajstić information content (AvgIpc) is 2.99. The number of carbonyl (C=O) groups excluding carboxylic acids is 1. The van der Waals surface area contributed by atoms with Crippen molar-refractivity contribution in [2.75, 3.05) is 6.61 Å². The standard InChI is InChI=1S/C19H16ClNO3S/c1-2-23-17(22)12-16-19(25-15-6-4-3-5-7-15)24-18(21-16)13-8-10-14(20)11-9-13/h3-11H,2,12H2,1H3. The first kappa shape index (κ1) is 17.6. The summed E-state index contributed by atoms with van der Waals surface area (Å²) in [5.74, 6) is 0.128. The first-order chi connectivity index (χ1) is 12.2. The number of aromatic nitrogens is 1. The molecule has 0 bridgehead atoms. The number of esters is 1. The summed E-state index contributed by atoms with van der Waals surface area (Å²) in [6.45, 7) is 2.11. The zero-order chi connectivity index (χ0) is 17.6. The quantitative estimate of drug-likeness (QED) is 0.552. The molecule has 0 aliphatic heterocycles. The van der Waals surface area contributed by atoms with Crippen molar-refractivity contribution in [3.8, 4) is 11.5 Å². The summed E-state index contributed by atoms with van der Waals surface area (Å²) in [7, 11) is 0. The lowest BCUT2D eigenvalue weighted by atomic mass is 10.2. The molecule has 0 amide bonds. The first-order valence-corrected chi connectivity index (χ1v) is 8.99. The maximum Gasteiger partial charge on any atom is 0.312 e. The highest BCUT2D eigenvalue weighted by Gasteiger charge is 2.19. The van der Waals surface area contributed by atoms with Crippen molar-refractivity contribution in [2.45, 2.75) is 23.3 Å². The van der Waals surface area contributed by atoms with Crippen LogP contribution in [0.15, 0.2) is 69.0 Å². The highest BCUT2D eigenvalue weighted by Crippen LogP contribution is 2.34. The molecule has 0 radical (unpaired) electrons. The van der Waals surface area contributed by atoms with Gasteiger partial charge in [-0.15, -0.1) is 0 Å². The Labute approximate surface area is 155 Å². The molecule has 0 aliphatic carbocycles. The van der Waals surface area contributed by atoms with E-state index in [1.54, 1.807) is 19.1 Å². The minimum absolute atomic E-state index is 0.0695. The van der Waals surface area contributed by atoms with Gasteiger partial charge >= 0.3 is 5.97 Å². The summed E-state index contributed by atoms with van der Waals surface area (Å²) < 4.78 is 11.0. The van der Waals surface area contributed by atoms with E-state index >= 15 is 0 Å². The number of halogens is 1. The summed E-state index contributed by atoms with van der Waals surface area (Å²) in [5.41, 5.74) is 1.37. The van der Waals surface area contributed by atoms with Gasteiger partial charge < -0.3 is 9.15 Å².